The highest BCUT2D eigenvalue weighted by Gasteiger charge is 2.23. The highest BCUT2D eigenvalue weighted by atomic mass is 16.5. The molecule has 0 radical (unpaired) electrons. The predicted molar refractivity (Wildman–Crippen MR) is 95.8 cm³/mol. The van der Waals surface area contributed by atoms with Crippen LogP contribution in [0.2, 0.25) is 0 Å². The number of nitrogens with zero attached hydrogens (tertiary/aromatic N) is 3. The topological polar surface area (TPSA) is 59.8 Å². The highest BCUT2D eigenvalue weighted by molar-refractivity contribution is 5.20. The second-order valence-corrected chi connectivity index (χ2v) is 6.64. The maximum absolute atomic E-state index is 10.3. The lowest BCUT2D eigenvalue weighted by atomic mass is 10.2. The molecule has 0 spiro atoms. The van der Waals surface area contributed by atoms with E-state index in [-0.39, 0.29) is 6.10 Å². The number of aliphatic hydroxyl groups excluding tert-OH is 1. The smallest absolute Gasteiger partial charge is 0.119 e. The maximum Gasteiger partial charge on any atom is 0.119 e. The summed E-state index contributed by atoms with van der Waals surface area (Å²) >= 11 is 0. The summed E-state index contributed by atoms with van der Waals surface area (Å²) in [5.41, 5.74) is 2.17. The molecule has 2 atom stereocenters. The molecule has 6 nitrogen and oxygen atoms in total. The minimum absolute atomic E-state index is 0.0917. The Morgan fingerprint density at radius 1 is 1.32 bits per heavy atom. The Balaban J connectivity index is 1.45. The zero-order valence-electron chi connectivity index (χ0n) is 15.0. The number of hydrogen-bond acceptors (Lipinski definition) is 5. The van der Waals surface area contributed by atoms with Gasteiger partial charge in [0.05, 0.1) is 24.9 Å². The van der Waals surface area contributed by atoms with E-state index in [0.29, 0.717) is 19.8 Å². The molecule has 1 aliphatic rings. The van der Waals surface area contributed by atoms with Crippen molar-refractivity contribution in [1.82, 2.24) is 14.7 Å². The highest BCUT2D eigenvalue weighted by Crippen LogP contribution is 2.12. The van der Waals surface area contributed by atoms with E-state index in [0.717, 1.165) is 36.8 Å². The van der Waals surface area contributed by atoms with Crippen molar-refractivity contribution in [2.24, 2.45) is 0 Å². The first kappa shape index (κ1) is 17.9. The summed E-state index contributed by atoms with van der Waals surface area (Å²) in [4.78, 5) is 2.23. The summed E-state index contributed by atoms with van der Waals surface area (Å²) in [6.07, 6.45) is -0.429. The minimum atomic E-state index is -0.521. The molecule has 0 bridgehead atoms. The van der Waals surface area contributed by atoms with Crippen LogP contribution in [-0.4, -0.2) is 64.8 Å². The van der Waals surface area contributed by atoms with Gasteiger partial charge in [0.1, 0.15) is 18.5 Å². The molecule has 1 aromatic carbocycles. The van der Waals surface area contributed by atoms with Crippen LogP contribution >= 0.6 is 0 Å². The number of morpholine rings is 1. The van der Waals surface area contributed by atoms with Crippen molar-refractivity contribution in [2.75, 3.05) is 32.8 Å². The first-order chi connectivity index (χ1) is 12.1. The van der Waals surface area contributed by atoms with E-state index in [2.05, 4.69) is 23.0 Å². The van der Waals surface area contributed by atoms with Crippen LogP contribution in [0.5, 0.6) is 5.75 Å². The third-order valence-corrected chi connectivity index (χ3v) is 4.36. The first-order valence-corrected chi connectivity index (χ1v) is 8.81. The van der Waals surface area contributed by atoms with Crippen molar-refractivity contribution in [2.45, 2.75) is 32.6 Å². The Morgan fingerprint density at radius 2 is 2.12 bits per heavy atom. The molecule has 0 aliphatic carbocycles. The van der Waals surface area contributed by atoms with Crippen LogP contribution in [0.1, 0.15) is 11.4 Å². The molecule has 25 heavy (non-hydrogen) atoms. The lowest BCUT2D eigenvalue weighted by molar-refractivity contribution is -0.0519. The standard InChI is InChI=1S/C19H27N3O3/c1-15-10-16(2)22(20-15)13-19-12-21(8-9-24-19)11-17(23)14-25-18-6-4-3-5-7-18/h3-7,10,17,19,23H,8-9,11-14H2,1-2H3/t17-,19+/m1/s1. The molecule has 1 N–H and O–H groups in total. The average Bonchev–Trinajstić information content (AvgIpc) is 2.91. The molecule has 6 heteroatoms. The number of rotatable bonds is 7. The molecular formula is C19H27N3O3. The van der Waals surface area contributed by atoms with E-state index < -0.39 is 6.10 Å². The van der Waals surface area contributed by atoms with Gasteiger partial charge in [0.15, 0.2) is 0 Å². The number of hydrogen-bond donors (Lipinski definition) is 1. The molecule has 0 amide bonds. The average molecular weight is 345 g/mol. The van der Waals surface area contributed by atoms with Crippen LogP contribution in [0.3, 0.4) is 0 Å². The first-order valence-electron chi connectivity index (χ1n) is 8.81. The van der Waals surface area contributed by atoms with Crippen molar-refractivity contribution < 1.29 is 14.6 Å². The van der Waals surface area contributed by atoms with Crippen molar-refractivity contribution >= 4 is 0 Å². The third kappa shape index (κ3) is 5.29. The second-order valence-electron chi connectivity index (χ2n) is 6.64. The summed E-state index contributed by atoms with van der Waals surface area (Å²) in [5, 5.41) is 14.8. The Bertz CT molecular complexity index is 659. The summed E-state index contributed by atoms with van der Waals surface area (Å²) in [7, 11) is 0. The molecule has 2 aromatic rings. The van der Waals surface area contributed by atoms with Gasteiger partial charge >= 0.3 is 0 Å². The van der Waals surface area contributed by atoms with Crippen LogP contribution < -0.4 is 4.74 Å². The number of benzene rings is 1. The van der Waals surface area contributed by atoms with Gasteiger partial charge in [-0.25, -0.2) is 0 Å². The monoisotopic (exact) mass is 345 g/mol. The number of β-amino-alcohol motifs (C(OH)–C–C–N with tert-alkyl or cyclic N) is 1. The minimum Gasteiger partial charge on any atom is -0.491 e. The molecule has 1 aromatic heterocycles. The second kappa shape index (κ2) is 8.47. The fraction of sp³-hybridized carbons (Fsp3) is 0.526. The fourth-order valence-corrected chi connectivity index (χ4v) is 3.17. The van der Waals surface area contributed by atoms with Gasteiger partial charge in [-0.15, -0.1) is 0 Å². The SMILES string of the molecule is Cc1cc(C)n(C[C@@H]2CN(C[C@@H](O)COc3ccccc3)CCO2)n1. The molecule has 0 saturated carbocycles. The molecule has 3 rings (SSSR count). The van der Waals surface area contributed by atoms with Crippen molar-refractivity contribution in [3.63, 3.8) is 0 Å². The molecule has 2 heterocycles. The Hall–Kier alpha value is -1.89. The van der Waals surface area contributed by atoms with Crippen LogP contribution in [0.4, 0.5) is 0 Å². The van der Waals surface area contributed by atoms with E-state index >= 15 is 0 Å². The van der Waals surface area contributed by atoms with Gasteiger partial charge < -0.3 is 14.6 Å². The number of aromatic nitrogens is 2. The van der Waals surface area contributed by atoms with Gasteiger partial charge in [0.2, 0.25) is 0 Å². The summed E-state index contributed by atoms with van der Waals surface area (Å²) in [6, 6.07) is 11.7. The van der Waals surface area contributed by atoms with Crippen molar-refractivity contribution in [1.29, 1.82) is 0 Å². The quantitative estimate of drug-likeness (QED) is 0.827. The zero-order valence-corrected chi connectivity index (χ0v) is 15.0. The Morgan fingerprint density at radius 3 is 2.84 bits per heavy atom. The number of ether oxygens (including phenoxy) is 2. The van der Waals surface area contributed by atoms with Crippen molar-refractivity contribution in [3.05, 3.63) is 47.8 Å². The van der Waals surface area contributed by atoms with E-state index in [1.165, 1.54) is 0 Å². The van der Waals surface area contributed by atoms with E-state index in [4.69, 9.17) is 9.47 Å². The fourth-order valence-electron chi connectivity index (χ4n) is 3.17. The lowest BCUT2D eigenvalue weighted by Gasteiger charge is -2.34. The van der Waals surface area contributed by atoms with Crippen LogP contribution in [0, 0.1) is 13.8 Å². The largest absolute Gasteiger partial charge is 0.491 e. The number of aliphatic hydroxyl groups is 1. The molecule has 136 valence electrons. The van der Waals surface area contributed by atoms with Gasteiger partial charge in [0.25, 0.3) is 0 Å². The predicted octanol–water partition coefficient (Wildman–Crippen LogP) is 1.64. The number of para-hydroxylation sites is 1. The van der Waals surface area contributed by atoms with Gasteiger partial charge in [-0.1, -0.05) is 18.2 Å². The van der Waals surface area contributed by atoms with Crippen LogP contribution in [0.25, 0.3) is 0 Å². The summed E-state index contributed by atoms with van der Waals surface area (Å²) < 4.78 is 13.5. The molecule has 1 aliphatic heterocycles. The maximum atomic E-state index is 10.3. The number of aryl methyl sites for hydroxylation is 2. The van der Waals surface area contributed by atoms with Crippen molar-refractivity contribution in [3.8, 4) is 5.75 Å². The van der Waals surface area contributed by atoms with E-state index in [9.17, 15) is 5.11 Å². The Kier molecular flexibility index (Phi) is 6.07. The molecule has 0 unspecified atom stereocenters. The van der Waals surface area contributed by atoms with Crippen LogP contribution in [-0.2, 0) is 11.3 Å². The zero-order chi connectivity index (χ0) is 17.6. The summed E-state index contributed by atoms with van der Waals surface area (Å²) in [5.74, 6) is 0.783. The summed E-state index contributed by atoms with van der Waals surface area (Å²) in [6.45, 7) is 7.99. The van der Waals surface area contributed by atoms with E-state index in [1.807, 2.05) is 41.9 Å². The third-order valence-electron chi connectivity index (χ3n) is 4.36. The molecular weight excluding hydrogens is 318 g/mol. The van der Waals surface area contributed by atoms with Crippen LogP contribution in [0.15, 0.2) is 36.4 Å². The van der Waals surface area contributed by atoms with Gasteiger partial charge in [-0.2, -0.15) is 5.10 Å². The molecule has 1 fully saturated rings. The van der Waals surface area contributed by atoms with Gasteiger partial charge in [-0.05, 0) is 32.0 Å². The van der Waals surface area contributed by atoms with Gasteiger partial charge in [-0.3, -0.25) is 9.58 Å². The molecule has 1 saturated heterocycles. The lowest BCUT2D eigenvalue weighted by Crippen LogP contribution is -2.47. The van der Waals surface area contributed by atoms with Gasteiger partial charge in [0, 0.05) is 25.3 Å². The Labute approximate surface area is 149 Å². The normalized spacial score (nSPS) is 19.7. The van der Waals surface area contributed by atoms with E-state index in [1.54, 1.807) is 0 Å².